The monoisotopic (exact) mass is 721 g/mol. The highest BCUT2D eigenvalue weighted by molar-refractivity contribution is 8.00. The van der Waals surface area contributed by atoms with Gasteiger partial charge in [0.15, 0.2) is 0 Å². The Morgan fingerprint density at radius 3 is 1.96 bits per heavy atom. The van der Waals surface area contributed by atoms with Crippen molar-refractivity contribution in [1.29, 1.82) is 0 Å². The number of methoxy groups -OCH3 is 1. The number of furan rings is 1. The van der Waals surface area contributed by atoms with E-state index in [0.29, 0.717) is 34.0 Å². The van der Waals surface area contributed by atoms with Crippen molar-refractivity contribution in [2.24, 2.45) is 0 Å². The maximum absolute atomic E-state index is 13.7. The number of carbonyl (C=O) groups excluding carboxylic acids is 4. The van der Waals surface area contributed by atoms with Gasteiger partial charge in [0.1, 0.15) is 22.5 Å². The molecule has 53 heavy (non-hydrogen) atoms. The second-order valence-electron chi connectivity index (χ2n) is 11.9. The molecule has 5 aromatic carbocycles. The molecule has 0 unspecified atom stereocenters. The average Bonchev–Trinajstić information content (AvgIpc) is 3.66. The summed E-state index contributed by atoms with van der Waals surface area (Å²) in [7, 11) is 1.31. The fourth-order valence-corrected chi connectivity index (χ4v) is 6.28. The van der Waals surface area contributed by atoms with Crippen LogP contribution in [0.2, 0.25) is 0 Å². The predicted octanol–water partition coefficient (Wildman–Crippen LogP) is 8.92. The van der Waals surface area contributed by atoms with Gasteiger partial charge in [-0.05, 0) is 85.3 Å². The van der Waals surface area contributed by atoms with E-state index in [9.17, 15) is 19.2 Å². The van der Waals surface area contributed by atoms with Gasteiger partial charge in [-0.1, -0.05) is 78.4 Å². The molecule has 0 aliphatic carbocycles. The Kier molecular flexibility index (Phi) is 11.6. The Balaban J connectivity index is 1.18. The lowest BCUT2D eigenvalue weighted by molar-refractivity contribution is -0.116. The molecule has 264 valence electrons. The third kappa shape index (κ3) is 9.57. The fourth-order valence-electron chi connectivity index (χ4n) is 5.26. The largest absolute Gasteiger partial charge is 0.465 e. The molecule has 0 fully saturated rings. The molecule has 6 aromatic rings. The standard InChI is InChI=1S/C43H35N3O6S/c1-28-13-15-29(16-14-28)38-26-23-35(52-38)27-37(46-40(47)31-11-7-4-8-12-31)41(48)44-34-21-24-36(25-22-34)53-39(30-9-5-3-6-10-30)42(49)45-33-19-17-32(18-20-33)43(50)51-2/h3-27,39H,1-2H3,(H,44,48)(H,45,49)(H,46,47)/b37-27-/t39-/m0/s1. The minimum Gasteiger partial charge on any atom is -0.465 e. The van der Waals surface area contributed by atoms with Gasteiger partial charge >= 0.3 is 5.97 Å². The summed E-state index contributed by atoms with van der Waals surface area (Å²) in [5.74, 6) is -0.712. The first-order valence-corrected chi connectivity index (χ1v) is 17.5. The zero-order valence-electron chi connectivity index (χ0n) is 28.9. The molecule has 10 heteroatoms. The van der Waals surface area contributed by atoms with Crippen molar-refractivity contribution < 1.29 is 28.3 Å². The molecule has 3 amide bonds. The summed E-state index contributed by atoms with van der Waals surface area (Å²) in [6.07, 6.45) is 1.49. The second-order valence-corrected chi connectivity index (χ2v) is 13.1. The maximum atomic E-state index is 13.7. The first-order chi connectivity index (χ1) is 25.7. The molecule has 3 N–H and O–H groups in total. The first-order valence-electron chi connectivity index (χ1n) is 16.6. The van der Waals surface area contributed by atoms with Gasteiger partial charge in [-0.25, -0.2) is 4.79 Å². The normalized spacial score (nSPS) is 11.6. The van der Waals surface area contributed by atoms with Gasteiger partial charge in [-0.2, -0.15) is 0 Å². The quantitative estimate of drug-likeness (QED) is 0.0655. The van der Waals surface area contributed by atoms with Gasteiger partial charge in [0.25, 0.3) is 11.8 Å². The van der Waals surface area contributed by atoms with Crippen LogP contribution in [0.25, 0.3) is 17.4 Å². The number of ether oxygens (including phenoxy) is 1. The summed E-state index contributed by atoms with van der Waals surface area (Å²) in [5, 5.41) is 7.92. The van der Waals surface area contributed by atoms with E-state index < -0.39 is 23.0 Å². The van der Waals surface area contributed by atoms with E-state index in [-0.39, 0.29) is 11.6 Å². The van der Waals surface area contributed by atoms with E-state index in [4.69, 9.17) is 9.15 Å². The number of carbonyl (C=O) groups is 4. The van der Waals surface area contributed by atoms with Crippen LogP contribution in [0.5, 0.6) is 0 Å². The molecule has 0 saturated heterocycles. The van der Waals surface area contributed by atoms with Crippen molar-refractivity contribution >= 4 is 52.9 Å². The van der Waals surface area contributed by atoms with Crippen LogP contribution >= 0.6 is 11.8 Å². The Bertz CT molecular complexity index is 2230. The number of esters is 1. The van der Waals surface area contributed by atoms with Crippen LogP contribution in [0, 0.1) is 6.92 Å². The van der Waals surface area contributed by atoms with Gasteiger partial charge in [0.2, 0.25) is 5.91 Å². The van der Waals surface area contributed by atoms with E-state index in [2.05, 4.69) is 16.0 Å². The molecule has 1 aromatic heterocycles. The highest BCUT2D eigenvalue weighted by atomic mass is 32.2. The Labute approximate surface area is 311 Å². The number of hydrogen-bond acceptors (Lipinski definition) is 7. The average molecular weight is 722 g/mol. The smallest absolute Gasteiger partial charge is 0.337 e. The molecule has 0 saturated carbocycles. The van der Waals surface area contributed by atoms with Gasteiger partial charge in [0, 0.05) is 33.5 Å². The highest BCUT2D eigenvalue weighted by Gasteiger charge is 2.23. The number of thioether (sulfide) groups is 1. The van der Waals surface area contributed by atoms with Crippen LogP contribution in [0.15, 0.2) is 161 Å². The predicted molar refractivity (Wildman–Crippen MR) is 207 cm³/mol. The van der Waals surface area contributed by atoms with E-state index >= 15 is 0 Å². The third-order valence-corrected chi connectivity index (χ3v) is 9.32. The molecule has 0 spiro atoms. The Morgan fingerprint density at radius 1 is 0.679 bits per heavy atom. The van der Waals surface area contributed by atoms with Crippen molar-refractivity contribution in [2.75, 3.05) is 17.7 Å². The van der Waals surface area contributed by atoms with E-state index in [0.717, 1.165) is 21.6 Å². The summed E-state index contributed by atoms with van der Waals surface area (Å²) in [4.78, 5) is 53.0. The number of nitrogens with one attached hydrogen (secondary N) is 3. The number of hydrogen-bond donors (Lipinski definition) is 3. The van der Waals surface area contributed by atoms with Gasteiger partial charge in [0.05, 0.1) is 12.7 Å². The SMILES string of the molecule is COC(=O)c1ccc(NC(=O)[C@@H](Sc2ccc(NC(=O)/C(=C/c3ccc(-c4ccc(C)cc4)o3)NC(=O)c3ccccc3)cc2)c2ccccc2)cc1. The summed E-state index contributed by atoms with van der Waals surface area (Å²) >= 11 is 1.34. The summed E-state index contributed by atoms with van der Waals surface area (Å²) in [6, 6.07) is 43.0. The molecular formula is C43H35N3O6S. The van der Waals surface area contributed by atoms with Crippen LogP contribution in [-0.4, -0.2) is 30.8 Å². The van der Waals surface area contributed by atoms with Crippen molar-refractivity contribution in [1.82, 2.24) is 5.32 Å². The van der Waals surface area contributed by atoms with Gasteiger partial charge in [-0.3, -0.25) is 14.4 Å². The molecule has 1 heterocycles. The van der Waals surface area contributed by atoms with Crippen molar-refractivity contribution in [3.05, 3.63) is 179 Å². The zero-order valence-corrected chi connectivity index (χ0v) is 29.7. The second kappa shape index (κ2) is 17.0. The lowest BCUT2D eigenvalue weighted by Crippen LogP contribution is -2.30. The molecule has 0 aliphatic rings. The third-order valence-electron chi connectivity index (χ3n) is 8.06. The minimum absolute atomic E-state index is 0.0115. The Hall–Kier alpha value is -6.65. The molecule has 9 nitrogen and oxygen atoms in total. The van der Waals surface area contributed by atoms with E-state index in [1.807, 2.05) is 67.6 Å². The van der Waals surface area contributed by atoms with Gasteiger partial charge < -0.3 is 25.1 Å². The van der Waals surface area contributed by atoms with Crippen LogP contribution in [0.1, 0.15) is 42.9 Å². The van der Waals surface area contributed by atoms with Crippen molar-refractivity contribution in [3.8, 4) is 11.3 Å². The molecule has 6 rings (SSSR count). The number of aryl methyl sites for hydroxylation is 1. The maximum Gasteiger partial charge on any atom is 0.337 e. The van der Waals surface area contributed by atoms with Crippen molar-refractivity contribution in [2.45, 2.75) is 17.1 Å². The number of amides is 3. The minimum atomic E-state index is -0.613. The molecule has 0 aliphatic heterocycles. The topological polar surface area (TPSA) is 127 Å². The van der Waals surface area contributed by atoms with E-state index in [1.54, 1.807) is 84.9 Å². The molecular weight excluding hydrogens is 687 g/mol. The summed E-state index contributed by atoms with van der Waals surface area (Å²) < 4.78 is 10.8. The van der Waals surface area contributed by atoms with E-state index in [1.165, 1.54) is 24.9 Å². The lowest BCUT2D eigenvalue weighted by atomic mass is 10.1. The fraction of sp³-hybridized carbons (Fsp3) is 0.0698. The number of rotatable bonds is 12. The van der Waals surface area contributed by atoms with Crippen molar-refractivity contribution in [3.63, 3.8) is 0 Å². The van der Waals surface area contributed by atoms with Crippen LogP contribution < -0.4 is 16.0 Å². The van der Waals surface area contributed by atoms with Gasteiger partial charge in [-0.15, -0.1) is 11.8 Å². The summed E-state index contributed by atoms with van der Waals surface area (Å²) in [6.45, 7) is 2.01. The molecule has 0 bridgehead atoms. The van der Waals surface area contributed by atoms with Crippen LogP contribution in [-0.2, 0) is 14.3 Å². The number of anilines is 2. The summed E-state index contributed by atoms with van der Waals surface area (Å²) in [5.41, 5.74) is 4.57. The van der Waals surface area contributed by atoms with Crippen LogP contribution in [0.4, 0.5) is 11.4 Å². The molecule has 0 radical (unpaired) electrons. The first kappa shape index (κ1) is 36.2. The molecule has 1 atom stereocenters. The highest BCUT2D eigenvalue weighted by Crippen LogP contribution is 2.37. The Morgan fingerprint density at radius 2 is 1.30 bits per heavy atom. The lowest BCUT2D eigenvalue weighted by Gasteiger charge is -2.18. The number of benzene rings is 5. The zero-order chi connectivity index (χ0) is 37.2. The van der Waals surface area contributed by atoms with Crippen LogP contribution in [0.3, 0.4) is 0 Å².